The normalized spacial score (nSPS) is 10.9. The summed E-state index contributed by atoms with van der Waals surface area (Å²) in [6.07, 6.45) is 1.75. The summed E-state index contributed by atoms with van der Waals surface area (Å²) in [5.74, 6) is 0.261. The smallest absolute Gasteiger partial charge is 0.155 e. The van der Waals surface area contributed by atoms with Crippen LogP contribution in [-0.4, -0.2) is 14.9 Å². The highest BCUT2D eigenvalue weighted by Gasteiger charge is 2.08. The monoisotopic (exact) mass is 240 g/mol. The van der Waals surface area contributed by atoms with Crippen LogP contribution in [0.3, 0.4) is 0 Å². The van der Waals surface area contributed by atoms with Crippen molar-refractivity contribution < 1.29 is 5.11 Å². The van der Waals surface area contributed by atoms with Gasteiger partial charge in [0.05, 0.1) is 10.7 Å². The van der Waals surface area contributed by atoms with Crippen molar-refractivity contribution in [1.29, 1.82) is 0 Å². The van der Waals surface area contributed by atoms with Crippen LogP contribution in [-0.2, 0) is 6.54 Å². The average molecular weight is 241 g/mol. The zero-order valence-corrected chi connectivity index (χ0v) is 8.74. The second-order valence-corrected chi connectivity index (χ2v) is 3.65. The van der Waals surface area contributed by atoms with E-state index in [-0.39, 0.29) is 5.75 Å². The summed E-state index contributed by atoms with van der Waals surface area (Å²) in [7, 11) is 0. The van der Waals surface area contributed by atoms with Crippen molar-refractivity contribution in [3.8, 4) is 5.75 Å². The Balaban J connectivity index is 2.85. The maximum absolute atomic E-state index is 9.75. The molecule has 0 aliphatic rings. The van der Waals surface area contributed by atoms with E-state index in [4.69, 9.17) is 0 Å². The number of hydrogen-bond acceptors (Lipinski definition) is 2. The fraction of sp³-hybridized carbons (Fsp3) is 0.222. The summed E-state index contributed by atoms with van der Waals surface area (Å²) < 4.78 is 2.48. The van der Waals surface area contributed by atoms with Gasteiger partial charge in [0, 0.05) is 11.9 Å². The summed E-state index contributed by atoms with van der Waals surface area (Å²) in [4.78, 5) is 0. The molecule has 1 aromatic carbocycles. The van der Waals surface area contributed by atoms with E-state index in [0.29, 0.717) is 4.47 Å². The zero-order chi connectivity index (χ0) is 9.42. The number of nitrogens with zero attached hydrogens (tertiary/aromatic N) is 2. The Bertz CT molecular complexity index is 450. The molecule has 0 amide bonds. The van der Waals surface area contributed by atoms with Gasteiger partial charge in [-0.2, -0.15) is 5.10 Å². The number of aromatic hydroxyl groups is 1. The van der Waals surface area contributed by atoms with Crippen LogP contribution in [0.5, 0.6) is 5.75 Å². The minimum Gasteiger partial charge on any atom is -0.505 e. The Kier molecular flexibility index (Phi) is 2.00. The first-order chi connectivity index (χ1) is 6.24. The van der Waals surface area contributed by atoms with Crippen LogP contribution < -0.4 is 0 Å². The van der Waals surface area contributed by atoms with Gasteiger partial charge in [0.1, 0.15) is 5.52 Å². The van der Waals surface area contributed by atoms with Crippen molar-refractivity contribution in [2.45, 2.75) is 13.5 Å². The molecule has 0 unspecified atom stereocenters. The van der Waals surface area contributed by atoms with Crippen molar-refractivity contribution in [3.63, 3.8) is 0 Å². The Morgan fingerprint density at radius 3 is 3.00 bits per heavy atom. The molecule has 0 aliphatic heterocycles. The van der Waals surface area contributed by atoms with Crippen LogP contribution in [0.4, 0.5) is 0 Å². The van der Waals surface area contributed by atoms with Crippen LogP contribution in [0, 0.1) is 0 Å². The zero-order valence-electron chi connectivity index (χ0n) is 7.16. The molecule has 2 rings (SSSR count). The highest BCUT2D eigenvalue weighted by Crippen LogP contribution is 2.32. The van der Waals surface area contributed by atoms with Gasteiger partial charge in [0.2, 0.25) is 0 Å². The largest absolute Gasteiger partial charge is 0.505 e. The van der Waals surface area contributed by atoms with Crippen molar-refractivity contribution in [3.05, 3.63) is 22.8 Å². The molecule has 3 nitrogen and oxygen atoms in total. The van der Waals surface area contributed by atoms with Crippen molar-refractivity contribution in [2.24, 2.45) is 0 Å². The standard InChI is InChI=1S/C9H9BrN2O/c1-2-12-8-6(5-11-12)3-4-7(10)9(8)13/h3-5,13H,2H2,1H3. The van der Waals surface area contributed by atoms with Crippen LogP contribution in [0.1, 0.15) is 6.92 Å². The number of aromatic nitrogens is 2. The maximum Gasteiger partial charge on any atom is 0.155 e. The third kappa shape index (κ3) is 1.21. The molecule has 0 saturated heterocycles. The van der Waals surface area contributed by atoms with E-state index in [1.165, 1.54) is 0 Å². The molecule has 1 aromatic heterocycles. The summed E-state index contributed by atoms with van der Waals surface area (Å²) in [5.41, 5.74) is 0.789. The Morgan fingerprint density at radius 2 is 2.31 bits per heavy atom. The number of aryl methyl sites for hydroxylation is 1. The minimum absolute atomic E-state index is 0.261. The topological polar surface area (TPSA) is 38.0 Å². The van der Waals surface area contributed by atoms with Gasteiger partial charge in [-0.15, -0.1) is 0 Å². The van der Waals surface area contributed by atoms with E-state index >= 15 is 0 Å². The van der Waals surface area contributed by atoms with E-state index < -0.39 is 0 Å². The summed E-state index contributed by atoms with van der Waals surface area (Å²) in [5, 5.41) is 14.9. The summed E-state index contributed by atoms with van der Waals surface area (Å²) >= 11 is 3.27. The number of fused-ring (bicyclic) bond motifs is 1. The van der Waals surface area contributed by atoms with Gasteiger partial charge in [-0.3, -0.25) is 4.68 Å². The maximum atomic E-state index is 9.75. The van der Waals surface area contributed by atoms with Gasteiger partial charge < -0.3 is 5.11 Å². The molecule has 0 radical (unpaired) electrons. The first kappa shape index (κ1) is 8.56. The molecule has 13 heavy (non-hydrogen) atoms. The van der Waals surface area contributed by atoms with E-state index in [2.05, 4.69) is 21.0 Å². The van der Waals surface area contributed by atoms with E-state index in [1.807, 2.05) is 19.1 Å². The molecule has 2 aromatic rings. The number of hydrogen-bond donors (Lipinski definition) is 1. The lowest BCUT2D eigenvalue weighted by Gasteiger charge is -2.02. The summed E-state index contributed by atoms with van der Waals surface area (Å²) in [6.45, 7) is 2.75. The Morgan fingerprint density at radius 1 is 1.54 bits per heavy atom. The van der Waals surface area contributed by atoms with Crippen LogP contribution in [0.2, 0.25) is 0 Å². The van der Waals surface area contributed by atoms with Crippen molar-refractivity contribution in [1.82, 2.24) is 9.78 Å². The lowest BCUT2D eigenvalue weighted by molar-refractivity contribution is 0.473. The lowest BCUT2D eigenvalue weighted by atomic mass is 10.2. The quantitative estimate of drug-likeness (QED) is 0.832. The molecule has 0 aliphatic carbocycles. The van der Waals surface area contributed by atoms with Crippen LogP contribution in [0.25, 0.3) is 10.9 Å². The molecule has 4 heteroatoms. The van der Waals surface area contributed by atoms with Gasteiger partial charge in [0.15, 0.2) is 5.75 Å². The predicted octanol–water partition coefficient (Wildman–Crippen LogP) is 2.52. The minimum atomic E-state index is 0.261. The molecule has 68 valence electrons. The van der Waals surface area contributed by atoms with Crippen LogP contribution in [0.15, 0.2) is 22.8 Å². The van der Waals surface area contributed by atoms with E-state index in [0.717, 1.165) is 17.4 Å². The number of rotatable bonds is 1. The summed E-state index contributed by atoms with van der Waals surface area (Å²) in [6, 6.07) is 3.75. The molecular formula is C9H9BrN2O. The molecule has 1 N–H and O–H groups in total. The molecule has 0 atom stereocenters. The first-order valence-electron chi connectivity index (χ1n) is 4.07. The van der Waals surface area contributed by atoms with Gasteiger partial charge in [0.25, 0.3) is 0 Å². The van der Waals surface area contributed by atoms with Crippen molar-refractivity contribution >= 4 is 26.8 Å². The second-order valence-electron chi connectivity index (χ2n) is 2.79. The van der Waals surface area contributed by atoms with Gasteiger partial charge >= 0.3 is 0 Å². The molecule has 0 bridgehead atoms. The third-order valence-electron chi connectivity index (χ3n) is 2.03. The molecule has 0 saturated carbocycles. The van der Waals surface area contributed by atoms with E-state index in [1.54, 1.807) is 10.9 Å². The van der Waals surface area contributed by atoms with Crippen LogP contribution >= 0.6 is 15.9 Å². The van der Waals surface area contributed by atoms with Gasteiger partial charge in [-0.25, -0.2) is 0 Å². The SMILES string of the molecule is CCn1ncc2ccc(Br)c(O)c21. The molecular weight excluding hydrogens is 232 g/mol. The number of phenolic OH excluding ortho intramolecular Hbond substituents is 1. The fourth-order valence-corrected chi connectivity index (χ4v) is 1.70. The number of benzene rings is 1. The first-order valence-corrected chi connectivity index (χ1v) is 4.86. The molecule has 0 fully saturated rings. The van der Waals surface area contributed by atoms with E-state index in [9.17, 15) is 5.11 Å². The highest BCUT2D eigenvalue weighted by atomic mass is 79.9. The Labute approximate surface area is 84.1 Å². The van der Waals surface area contributed by atoms with Gasteiger partial charge in [-0.1, -0.05) is 0 Å². The number of halogens is 1. The van der Waals surface area contributed by atoms with Crippen molar-refractivity contribution in [2.75, 3.05) is 0 Å². The lowest BCUT2D eigenvalue weighted by Crippen LogP contribution is -1.95. The second kappa shape index (κ2) is 3.03. The molecule has 1 heterocycles. The Hall–Kier alpha value is -1.03. The third-order valence-corrected chi connectivity index (χ3v) is 2.67. The number of phenols is 1. The van der Waals surface area contributed by atoms with Gasteiger partial charge in [-0.05, 0) is 35.0 Å². The average Bonchev–Trinajstić information content (AvgIpc) is 2.55. The predicted molar refractivity (Wildman–Crippen MR) is 54.8 cm³/mol. The molecule has 0 spiro atoms. The fourth-order valence-electron chi connectivity index (χ4n) is 1.38. The highest BCUT2D eigenvalue weighted by molar-refractivity contribution is 9.10.